The van der Waals surface area contributed by atoms with Crippen LogP contribution in [0.25, 0.3) is 0 Å². The maximum Gasteiger partial charge on any atom is 0.233 e. The van der Waals surface area contributed by atoms with Crippen molar-refractivity contribution in [1.82, 2.24) is 4.98 Å². The summed E-state index contributed by atoms with van der Waals surface area (Å²) in [6, 6.07) is 4.66. The van der Waals surface area contributed by atoms with Crippen LogP contribution in [0, 0.1) is 5.82 Å². The van der Waals surface area contributed by atoms with E-state index in [-0.39, 0.29) is 9.24 Å². The Kier molecular flexibility index (Phi) is 3.09. The lowest BCUT2D eigenvalue weighted by atomic mass is 10.4. The van der Waals surface area contributed by atoms with E-state index in [0.717, 1.165) is 23.5 Å². The summed E-state index contributed by atoms with van der Waals surface area (Å²) < 4.78 is 37.1. The number of benzene rings is 1. The van der Waals surface area contributed by atoms with Crippen LogP contribution in [0.5, 0.6) is 0 Å². The highest BCUT2D eigenvalue weighted by Gasteiger charge is 2.21. The van der Waals surface area contributed by atoms with Gasteiger partial charge in [-0.1, -0.05) is 0 Å². The van der Waals surface area contributed by atoms with Crippen molar-refractivity contribution < 1.29 is 12.8 Å². The van der Waals surface area contributed by atoms with Crippen LogP contribution >= 0.6 is 27.3 Å². The van der Waals surface area contributed by atoms with Gasteiger partial charge < -0.3 is 0 Å². The van der Waals surface area contributed by atoms with E-state index in [9.17, 15) is 12.8 Å². The van der Waals surface area contributed by atoms with Crippen LogP contribution in [0.3, 0.4) is 0 Å². The van der Waals surface area contributed by atoms with Crippen LogP contribution in [0.1, 0.15) is 0 Å². The molecule has 7 heteroatoms. The molecule has 0 atom stereocenters. The van der Waals surface area contributed by atoms with Crippen LogP contribution in [0.2, 0.25) is 0 Å². The normalized spacial score (nSPS) is 11.6. The molecule has 1 heterocycles. The van der Waals surface area contributed by atoms with Gasteiger partial charge >= 0.3 is 0 Å². The van der Waals surface area contributed by atoms with Gasteiger partial charge in [-0.05, 0) is 40.2 Å². The fourth-order valence-electron chi connectivity index (χ4n) is 1.08. The van der Waals surface area contributed by atoms with E-state index in [1.54, 1.807) is 5.38 Å². The van der Waals surface area contributed by atoms with Crippen molar-refractivity contribution >= 4 is 37.1 Å². The lowest BCUT2D eigenvalue weighted by Crippen LogP contribution is -2.01. The number of rotatable bonds is 2. The van der Waals surface area contributed by atoms with Crippen LogP contribution in [-0.4, -0.2) is 13.4 Å². The molecule has 2 rings (SSSR count). The predicted octanol–water partition coefficient (Wildman–Crippen LogP) is 2.88. The fourth-order valence-corrected chi connectivity index (χ4v) is 4.03. The Morgan fingerprint density at radius 2 is 1.88 bits per heavy atom. The molecule has 3 nitrogen and oxygen atoms in total. The number of thiazole rings is 1. The first-order valence-electron chi connectivity index (χ1n) is 4.12. The Morgan fingerprint density at radius 1 is 1.25 bits per heavy atom. The average Bonchev–Trinajstić information content (AvgIpc) is 2.66. The summed E-state index contributed by atoms with van der Waals surface area (Å²) in [6.45, 7) is 0. The predicted molar refractivity (Wildman–Crippen MR) is 61.7 cm³/mol. The number of hydrogen-bond donors (Lipinski definition) is 0. The molecular weight excluding hydrogens is 317 g/mol. The van der Waals surface area contributed by atoms with E-state index < -0.39 is 15.7 Å². The molecule has 0 N–H and O–H groups in total. The van der Waals surface area contributed by atoms with Gasteiger partial charge in [0.25, 0.3) is 0 Å². The SMILES string of the molecule is O=S(=O)(c1ccc(F)cc1)c1nc(Br)cs1. The van der Waals surface area contributed by atoms with E-state index in [1.807, 2.05) is 0 Å². The first-order valence-corrected chi connectivity index (χ1v) is 7.27. The van der Waals surface area contributed by atoms with Gasteiger partial charge in [0.1, 0.15) is 10.4 Å². The first-order chi connectivity index (χ1) is 7.50. The maximum absolute atomic E-state index is 12.7. The molecule has 1 aromatic carbocycles. The molecule has 2 aromatic rings. The molecule has 0 fully saturated rings. The Morgan fingerprint density at radius 3 is 2.38 bits per heavy atom. The summed E-state index contributed by atoms with van der Waals surface area (Å²) in [5.74, 6) is -0.473. The minimum atomic E-state index is -3.62. The van der Waals surface area contributed by atoms with Gasteiger partial charge in [0.2, 0.25) is 14.2 Å². The molecule has 0 aliphatic rings. The van der Waals surface area contributed by atoms with E-state index in [4.69, 9.17) is 0 Å². The number of sulfone groups is 1. The molecular formula is C9H5BrFNO2S2. The smallest absolute Gasteiger partial charge is 0.218 e. The molecule has 16 heavy (non-hydrogen) atoms. The Labute approximate surface area is 104 Å². The van der Waals surface area contributed by atoms with Crippen molar-refractivity contribution in [3.63, 3.8) is 0 Å². The first kappa shape index (κ1) is 11.7. The number of hydrogen-bond acceptors (Lipinski definition) is 4. The summed E-state index contributed by atoms with van der Waals surface area (Å²) in [5, 5.41) is 1.58. The molecule has 0 bridgehead atoms. The van der Waals surface area contributed by atoms with Crippen molar-refractivity contribution in [2.24, 2.45) is 0 Å². The fraction of sp³-hybridized carbons (Fsp3) is 0. The second-order valence-electron chi connectivity index (χ2n) is 2.89. The van der Waals surface area contributed by atoms with Crippen molar-refractivity contribution in [3.8, 4) is 0 Å². The Hall–Kier alpha value is -0.790. The number of halogens is 2. The Balaban J connectivity index is 2.51. The zero-order valence-electron chi connectivity index (χ0n) is 7.72. The summed E-state index contributed by atoms with van der Waals surface area (Å²) in [5.41, 5.74) is 0. The topological polar surface area (TPSA) is 47.0 Å². The highest BCUT2D eigenvalue weighted by molar-refractivity contribution is 9.10. The van der Waals surface area contributed by atoms with Crippen LogP contribution in [0.4, 0.5) is 4.39 Å². The minimum absolute atomic E-state index is 0.00835. The van der Waals surface area contributed by atoms with Crippen molar-refractivity contribution in [1.29, 1.82) is 0 Å². The van der Waals surface area contributed by atoms with Crippen LogP contribution in [-0.2, 0) is 9.84 Å². The van der Waals surface area contributed by atoms with Gasteiger partial charge in [0, 0.05) is 5.38 Å². The standard InChI is InChI=1S/C9H5BrFNO2S2/c10-8-5-15-9(12-8)16(13,14)7-3-1-6(11)2-4-7/h1-5H. The third-order valence-corrected chi connectivity index (χ3v) is 5.54. The number of aromatic nitrogens is 1. The van der Waals surface area contributed by atoms with Crippen molar-refractivity contribution in [3.05, 3.63) is 40.1 Å². The molecule has 1 aromatic heterocycles. The zero-order valence-corrected chi connectivity index (χ0v) is 10.9. The molecule has 0 aliphatic heterocycles. The van der Waals surface area contributed by atoms with Gasteiger partial charge in [-0.3, -0.25) is 0 Å². The molecule has 0 unspecified atom stereocenters. The second kappa shape index (κ2) is 4.23. The van der Waals surface area contributed by atoms with Gasteiger partial charge in [0.15, 0.2) is 0 Å². The average molecular weight is 322 g/mol. The monoisotopic (exact) mass is 321 g/mol. The van der Waals surface area contributed by atoms with E-state index in [2.05, 4.69) is 20.9 Å². The lowest BCUT2D eigenvalue weighted by Gasteiger charge is -1.99. The molecule has 0 spiro atoms. The third-order valence-electron chi connectivity index (χ3n) is 1.81. The van der Waals surface area contributed by atoms with E-state index in [0.29, 0.717) is 4.60 Å². The van der Waals surface area contributed by atoms with Gasteiger partial charge in [0.05, 0.1) is 4.90 Å². The van der Waals surface area contributed by atoms with Crippen molar-refractivity contribution in [2.75, 3.05) is 0 Å². The van der Waals surface area contributed by atoms with E-state index in [1.165, 1.54) is 12.1 Å². The Bertz CT molecular complexity index is 607. The summed E-state index contributed by atoms with van der Waals surface area (Å²) in [4.78, 5) is 3.87. The quantitative estimate of drug-likeness (QED) is 0.799. The summed E-state index contributed by atoms with van der Waals surface area (Å²) in [7, 11) is -3.62. The van der Waals surface area contributed by atoms with Gasteiger partial charge in [-0.15, -0.1) is 11.3 Å². The molecule has 0 amide bonds. The highest BCUT2D eigenvalue weighted by Crippen LogP contribution is 2.25. The maximum atomic E-state index is 12.7. The van der Waals surface area contributed by atoms with Crippen LogP contribution in [0.15, 0.2) is 43.5 Å². The molecule has 0 saturated heterocycles. The molecule has 0 saturated carbocycles. The van der Waals surface area contributed by atoms with Crippen molar-refractivity contribution in [2.45, 2.75) is 9.24 Å². The molecule has 0 radical (unpaired) electrons. The van der Waals surface area contributed by atoms with Gasteiger partial charge in [-0.25, -0.2) is 17.8 Å². The second-order valence-corrected chi connectivity index (χ2v) is 6.69. The van der Waals surface area contributed by atoms with E-state index >= 15 is 0 Å². The molecule has 84 valence electrons. The highest BCUT2D eigenvalue weighted by atomic mass is 79.9. The summed E-state index contributed by atoms with van der Waals surface area (Å²) >= 11 is 4.10. The molecule has 0 aliphatic carbocycles. The zero-order chi connectivity index (χ0) is 11.8. The lowest BCUT2D eigenvalue weighted by molar-refractivity contribution is 0.594. The largest absolute Gasteiger partial charge is 0.233 e. The third kappa shape index (κ3) is 2.16. The van der Waals surface area contributed by atoms with Gasteiger partial charge in [-0.2, -0.15) is 0 Å². The number of nitrogens with zero attached hydrogens (tertiary/aromatic N) is 1. The summed E-state index contributed by atoms with van der Waals surface area (Å²) in [6.07, 6.45) is 0. The minimum Gasteiger partial charge on any atom is -0.218 e. The van der Waals surface area contributed by atoms with Crippen LogP contribution < -0.4 is 0 Å².